The van der Waals surface area contributed by atoms with E-state index in [4.69, 9.17) is 37.0 Å². The molecular weight excluding hydrogens is 573 g/mol. The standard InChI is InChI=1S/C23H23ClFN3O.C6H8O7/c1-16(29)27-23(18-6-8-19(25)9-7-18)11-13-28(14-12-23)15-20-10-5-17-3-2-4-21(24)22(17)26-20;7-3(8)1-6(13,5(11)12)2-4(9)10/h2-10H,11-15H2,1H3,(H,27,29);13H,1-2H2,(H,7,8)(H,9,10)(H,11,12). The lowest BCUT2D eigenvalue weighted by molar-refractivity contribution is -0.170. The van der Waals surface area contributed by atoms with E-state index in [1.165, 1.54) is 19.1 Å². The molecule has 13 heteroatoms. The summed E-state index contributed by atoms with van der Waals surface area (Å²) in [7, 11) is 0. The van der Waals surface area contributed by atoms with Gasteiger partial charge in [0.2, 0.25) is 5.91 Å². The molecule has 0 bridgehead atoms. The number of para-hydroxylation sites is 1. The van der Waals surface area contributed by atoms with Crippen LogP contribution in [0.15, 0.2) is 54.6 Å². The van der Waals surface area contributed by atoms with Gasteiger partial charge in [0, 0.05) is 31.9 Å². The van der Waals surface area contributed by atoms with E-state index in [0.29, 0.717) is 5.02 Å². The number of rotatable bonds is 9. The van der Waals surface area contributed by atoms with Crippen LogP contribution < -0.4 is 5.32 Å². The van der Waals surface area contributed by atoms with Crippen molar-refractivity contribution in [3.05, 3.63) is 76.7 Å². The van der Waals surface area contributed by atoms with Crippen LogP contribution in [0, 0.1) is 5.82 Å². The summed E-state index contributed by atoms with van der Waals surface area (Å²) in [5.41, 5.74) is -0.459. The Labute approximate surface area is 245 Å². The molecule has 0 spiro atoms. The molecule has 0 unspecified atom stereocenters. The summed E-state index contributed by atoms with van der Waals surface area (Å²) in [6.07, 6.45) is -0.775. The highest BCUT2D eigenvalue weighted by molar-refractivity contribution is 6.35. The number of pyridine rings is 1. The number of hydrogen-bond acceptors (Lipinski definition) is 7. The molecule has 2 heterocycles. The third kappa shape index (κ3) is 8.44. The van der Waals surface area contributed by atoms with E-state index in [0.717, 1.165) is 54.6 Å². The van der Waals surface area contributed by atoms with Crippen molar-refractivity contribution < 1.29 is 44.0 Å². The number of aliphatic hydroxyl groups is 1. The van der Waals surface area contributed by atoms with Gasteiger partial charge in [-0.25, -0.2) is 14.2 Å². The summed E-state index contributed by atoms with van der Waals surface area (Å²) in [6, 6.07) is 16.3. The zero-order valence-electron chi connectivity index (χ0n) is 22.7. The number of amides is 1. The Morgan fingerprint density at radius 3 is 2.10 bits per heavy atom. The lowest BCUT2D eigenvalue weighted by atomic mass is 9.80. The van der Waals surface area contributed by atoms with Crippen molar-refractivity contribution in [1.29, 1.82) is 0 Å². The molecular formula is C29H31ClFN3O8. The molecule has 1 saturated heterocycles. The van der Waals surface area contributed by atoms with Gasteiger partial charge in [-0.1, -0.05) is 41.9 Å². The fourth-order valence-corrected chi connectivity index (χ4v) is 5.09. The minimum absolute atomic E-state index is 0.0754. The average molecular weight is 604 g/mol. The van der Waals surface area contributed by atoms with Crippen LogP contribution in [0.25, 0.3) is 10.9 Å². The predicted molar refractivity (Wildman–Crippen MR) is 150 cm³/mol. The number of carbonyl (C=O) groups excluding carboxylic acids is 1. The summed E-state index contributed by atoms with van der Waals surface area (Å²) in [6.45, 7) is 3.86. The first kappa shape index (κ1) is 32.4. The second-order valence-corrected chi connectivity index (χ2v) is 10.5. The van der Waals surface area contributed by atoms with Gasteiger partial charge in [-0.3, -0.25) is 19.3 Å². The third-order valence-electron chi connectivity index (χ3n) is 6.92. The summed E-state index contributed by atoms with van der Waals surface area (Å²) in [5, 5.41) is 38.6. The van der Waals surface area contributed by atoms with Crippen LogP contribution >= 0.6 is 11.6 Å². The molecule has 0 radical (unpaired) electrons. The van der Waals surface area contributed by atoms with E-state index < -0.39 is 41.9 Å². The Balaban J connectivity index is 0.000000316. The summed E-state index contributed by atoms with van der Waals surface area (Å²) in [4.78, 5) is 49.4. The molecule has 0 saturated carbocycles. The molecule has 11 nitrogen and oxygen atoms in total. The highest BCUT2D eigenvalue weighted by atomic mass is 35.5. The molecule has 1 aromatic heterocycles. The second-order valence-electron chi connectivity index (χ2n) is 10.1. The van der Waals surface area contributed by atoms with Crippen LogP contribution in [0.3, 0.4) is 0 Å². The van der Waals surface area contributed by atoms with E-state index in [9.17, 15) is 23.6 Å². The molecule has 3 aromatic rings. The number of nitrogens with zero attached hydrogens (tertiary/aromatic N) is 2. The molecule has 4 rings (SSSR count). The number of carboxylic acid groups (broad SMARTS) is 3. The van der Waals surface area contributed by atoms with Crippen LogP contribution in [0.2, 0.25) is 5.02 Å². The molecule has 42 heavy (non-hydrogen) atoms. The van der Waals surface area contributed by atoms with Gasteiger partial charge in [0.25, 0.3) is 0 Å². The van der Waals surface area contributed by atoms with Gasteiger partial charge in [-0.05, 0) is 42.7 Å². The smallest absolute Gasteiger partial charge is 0.336 e. The monoisotopic (exact) mass is 603 g/mol. The molecule has 224 valence electrons. The van der Waals surface area contributed by atoms with Crippen LogP contribution in [-0.2, 0) is 31.3 Å². The van der Waals surface area contributed by atoms with Gasteiger partial charge in [-0.2, -0.15) is 0 Å². The first-order valence-corrected chi connectivity index (χ1v) is 13.3. The number of halogens is 2. The highest BCUT2D eigenvalue weighted by Gasteiger charge is 2.41. The van der Waals surface area contributed by atoms with Crippen LogP contribution in [-0.4, -0.2) is 72.8 Å². The Kier molecular flexibility index (Phi) is 10.6. The zero-order valence-corrected chi connectivity index (χ0v) is 23.5. The normalized spacial score (nSPS) is 14.9. The molecule has 5 N–H and O–H groups in total. The molecule has 0 atom stereocenters. The highest BCUT2D eigenvalue weighted by Crippen LogP contribution is 2.34. The number of carboxylic acids is 3. The van der Waals surface area contributed by atoms with Crippen LogP contribution in [0.1, 0.15) is 43.9 Å². The number of aromatic nitrogens is 1. The number of likely N-dealkylation sites (tertiary alicyclic amines) is 1. The Hall–Kier alpha value is -4.13. The molecule has 1 aliphatic rings. The number of piperidine rings is 1. The van der Waals surface area contributed by atoms with Gasteiger partial charge >= 0.3 is 17.9 Å². The van der Waals surface area contributed by atoms with E-state index >= 15 is 0 Å². The quantitative estimate of drug-likeness (QED) is 0.243. The first-order chi connectivity index (χ1) is 19.7. The van der Waals surface area contributed by atoms with Gasteiger partial charge in [0.1, 0.15) is 5.82 Å². The number of nitrogens with one attached hydrogen (secondary N) is 1. The Morgan fingerprint density at radius 2 is 1.57 bits per heavy atom. The maximum Gasteiger partial charge on any atom is 0.336 e. The number of aliphatic carboxylic acids is 3. The van der Waals surface area contributed by atoms with Crippen molar-refractivity contribution in [1.82, 2.24) is 15.2 Å². The van der Waals surface area contributed by atoms with E-state index in [-0.39, 0.29) is 11.7 Å². The minimum atomic E-state index is -2.74. The lowest BCUT2D eigenvalue weighted by Crippen LogP contribution is -2.52. The largest absolute Gasteiger partial charge is 0.481 e. The number of benzene rings is 2. The first-order valence-electron chi connectivity index (χ1n) is 12.9. The fraction of sp³-hybridized carbons (Fsp3) is 0.345. The summed E-state index contributed by atoms with van der Waals surface area (Å²) >= 11 is 6.29. The summed E-state index contributed by atoms with van der Waals surface area (Å²) < 4.78 is 13.4. The van der Waals surface area contributed by atoms with Crippen LogP contribution in [0.5, 0.6) is 0 Å². The van der Waals surface area contributed by atoms with Crippen molar-refractivity contribution in [2.45, 2.75) is 50.3 Å². The minimum Gasteiger partial charge on any atom is -0.481 e. The van der Waals surface area contributed by atoms with E-state index in [1.807, 2.05) is 30.3 Å². The van der Waals surface area contributed by atoms with Crippen LogP contribution in [0.4, 0.5) is 4.39 Å². The van der Waals surface area contributed by atoms with Crippen molar-refractivity contribution in [2.24, 2.45) is 0 Å². The molecule has 1 amide bonds. The molecule has 2 aromatic carbocycles. The number of hydrogen-bond donors (Lipinski definition) is 5. The van der Waals surface area contributed by atoms with Crippen molar-refractivity contribution >= 4 is 46.3 Å². The van der Waals surface area contributed by atoms with E-state index in [1.54, 1.807) is 12.1 Å². The number of carbonyl (C=O) groups is 4. The number of fused-ring (bicyclic) bond motifs is 1. The van der Waals surface area contributed by atoms with Crippen molar-refractivity contribution in [2.75, 3.05) is 13.1 Å². The van der Waals surface area contributed by atoms with E-state index in [2.05, 4.69) is 10.2 Å². The molecule has 0 aliphatic carbocycles. The van der Waals surface area contributed by atoms with Gasteiger partial charge < -0.3 is 25.7 Å². The fourth-order valence-electron chi connectivity index (χ4n) is 4.87. The predicted octanol–water partition coefficient (Wildman–Crippen LogP) is 3.41. The SMILES string of the molecule is CC(=O)NC1(c2ccc(F)cc2)CCN(Cc2ccc3cccc(Cl)c3n2)CC1.O=C(O)CC(O)(CC(=O)O)C(=O)O. The third-order valence-corrected chi connectivity index (χ3v) is 7.23. The topological polar surface area (TPSA) is 177 Å². The average Bonchev–Trinajstić information content (AvgIpc) is 2.90. The van der Waals surface area contributed by atoms with Crippen molar-refractivity contribution in [3.8, 4) is 0 Å². The lowest BCUT2D eigenvalue weighted by Gasteiger charge is -2.42. The zero-order chi connectivity index (χ0) is 31.1. The summed E-state index contributed by atoms with van der Waals surface area (Å²) in [5.74, 6) is -5.37. The Bertz CT molecular complexity index is 1440. The maximum absolute atomic E-state index is 13.4. The maximum atomic E-state index is 13.4. The van der Waals surface area contributed by atoms with Gasteiger partial charge in [0.15, 0.2) is 5.60 Å². The Morgan fingerprint density at radius 1 is 0.976 bits per heavy atom. The van der Waals surface area contributed by atoms with Gasteiger partial charge in [0.05, 0.1) is 34.6 Å². The second kappa shape index (κ2) is 13.7. The molecule has 1 aliphatic heterocycles. The molecule has 1 fully saturated rings. The van der Waals surface area contributed by atoms with Crippen molar-refractivity contribution in [3.63, 3.8) is 0 Å². The van der Waals surface area contributed by atoms with Gasteiger partial charge in [-0.15, -0.1) is 0 Å².